The summed E-state index contributed by atoms with van der Waals surface area (Å²) in [6, 6.07) is 15.3. The third kappa shape index (κ3) is 4.00. The number of benzene rings is 2. The first-order chi connectivity index (χ1) is 11.2. The largest absolute Gasteiger partial charge is 0.420 e. The quantitative estimate of drug-likeness (QED) is 0.786. The molecule has 0 aliphatic carbocycles. The molecule has 3 rings (SSSR count). The van der Waals surface area contributed by atoms with Crippen molar-refractivity contribution in [3.63, 3.8) is 0 Å². The lowest BCUT2D eigenvalue weighted by Crippen LogP contribution is -2.24. The van der Waals surface area contributed by atoms with Crippen LogP contribution in [0.2, 0.25) is 0 Å². The number of hydrogen-bond acceptors (Lipinski definition) is 4. The maximum atomic E-state index is 12.8. The normalized spacial score (nSPS) is 10.5. The average Bonchev–Trinajstić information content (AvgIpc) is 3.04. The molecule has 1 aromatic heterocycles. The Morgan fingerprint density at radius 3 is 2.52 bits per heavy atom. The smallest absolute Gasteiger partial charge is 0.247 e. The molecule has 0 saturated carbocycles. The molecule has 0 spiro atoms. The van der Waals surface area contributed by atoms with Gasteiger partial charge in [0.25, 0.3) is 0 Å². The molecular formula is C17H14FN3O2. The molecule has 1 N–H and O–H groups in total. The third-order valence-corrected chi connectivity index (χ3v) is 3.20. The van der Waals surface area contributed by atoms with E-state index in [1.807, 2.05) is 30.3 Å². The molecule has 0 bridgehead atoms. The van der Waals surface area contributed by atoms with Gasteiger partial charge in [-0.15, -0.1) is 10.2 Å². The average molecular weight is 311 g/mol. The van der Waals surface area contributed by atoms with Crippen LogP contribution >= 0.6 is 0 Å². The highest BCUT2D eigenvalue weighted by atomic mass is 19.1. The molecule has 5 nitrogen and oxygen atoms in total. The first-order valence-corrected chi connectivity index (χ1v) is 7.09. The number of nitrogens with zero attached hydrogens (tertiary/aromatic N) is 2. The Kier molecular flexibility index (Phi) is 4.42. The van der Waals surface area contributed by atoms with Crippen LogP contribution in [0, 0.1) is 5.82 Å². The molecule has 6 heteroatoms. The molecule has 23 heavy (non-hydrogen) atoms. The third-order valence-electron chi connectivity index (χ3n) is 3.20. The second-order valence-electron chi connectivity index (χ2n) is 4.95. The van der Waals surface area contributed by atoms with E-state index < -0.39 is 0 Å². The molecule has 1 heterocycles. The van der Waals surface area contributed by atoms with E-state index in [0.717, 1.165) is 11.1 Å². The predicted molar refractivity (Wildman–Crippen MR) is 81.7 cm³/mol. The Morgan fingerprint density at radius 2 is 1.78 bits per heavy atom. The van der Waals surface area contributed by atoms with E-state index in [-0.39, 0.29) is 24.0 Å². The van der Waals surface area contributed by atoms with Gasteiger partial charge in [-0.2, -0.15) is 0 Å². The van der Waals surface area contributed by atoms with Crippen molar-refractivity contribution >= 4 is 5.91 Å². The van der Waals surface area contributed by atoms with Crippen molar-refractivity contribution in [3.05, 3.63) is 71.9 Å². The summed E-state index contributed by atoms with van der Waals surface area (Å²) >= 11 is 0. The second-order valence-corrected chi connectivity index (χ2v) is 4.95. The summed E-state index contributed by atoms with van der Waals surface area (Å²) < 4.78 is 18.3. The first-order valence-electron chi connectivity index (χ1n) is 7.09. The number of amides is 1. The van der Waals surface area contributed by atoms with Gasteiger partial charge in [0.15, 0.2) is 0 Å². The maximum Gasteiger partial charge on any atom is 0.247 e. The Morgan fingerprint density at radius 1 is 1.04 bits per heavy atom. The SMILES string of the molecule is O=C(Cc1nnc(-c2ccccc2)o1)NCc1ccc(F)cc1. The van der Waals surface area contributed by atoms with Gasteiger partial charge in [-0.05, 0) is 29.8 Å². The van der Waals surface area contributed by atoms with Gasteiger partial charge in [0.2, 0.25) is 17.7 Å². The van der Waals surface area contributed by atoms with E-state index >= 15 is 0 Å². The van der Waals surface area contributed by atoms with Gasteiger partial charge in [-0.25, -0.2) is 4.39 Å². The molecule has 0 aliphatic rings. The number of hydrogen-bond donors (Lipinski definition) is 1. The van der Waals surface area contributed by atoms with Crippen molar-refractivity contribution in [2.24, 2.45) is 0 Å². The molecule has 0 atom stereocenters. The molecule has 0 fully saturated rings. The molecule has 0 unspecified atom stereocenters. The standard InChI is InChI=1S/C17H14FN3O2/c18-14-8-6-12(7-9-14)11-19-15(22)10-16-20-21-17(23-16)13-4-2-1-3-5-13/h1-9H,10-11H2,(H,19,22). The van der Waals surface area contributed by atoms with Gasteiger partial charge in [-0.1, -0.05) is 30.3 Å². The van der Waals surface area contributed by atoms with Crippen molar-refractivity contribution in [3.8, 4) is 11.5 Å². The lowest BCUT2D eigenvalue weighted by molar-refractivity contribution is -0.120. The number of nitrogens with one attached hydrogen (secondary N) is 1. The van der Waals surface area contributed by atoms with Gasteiger partial charge in [-0.3, -0.25) is 4.79 Å². The zero-order valence-corrected chi connectivity index (χ0v) is 12.2. The minimum atomic E-state index is -0.306. The monoisotopic (exact) mass is 311 g/mol. The number of aromatic nitrogens is 2. The fourth-order valence-corrected chi connectivity index (χ4v) is 2.03. The van der Waals surface area contributed by atoms with Crippen LogP contribution in [-0.2, 0) is 17.8 Å². The highest BCUT2D eigenvalue weighted by Gasteiger charge is 2.12. The summed E-state index contributed by atoms with van der Waals surface area (Å²) in [6.45, 7) is 0.318. The van der Waals surface area contributed by atoms with E-state index in [1.165, 1.54) is 12.1 Å². The van der Waals surface area contributed by atoms with Crippen LogP contribution in [-0.4, -0.2) is 16.1 Å². The maximum absolute atomic E-state index is 12.8. The lowest BCUT2D eigenvalue weighted by Gasteiger charge is -2.03. The van der Waals surface area contributed by atoms with Gasteiger partial charge in [0.1, 0.15) is 12.2 Å². The number of carbonyl (C=O) groups is 1. The fourth-order valence-electron chi connectivity index (χ4n) is 2.03. The molecule has 3 aromatic rings. The topological polar surface area (TPSA) is 68.0 Å². The Labute approximate surface area is 132 Å². The van der Waals surface area contributed by atoms with Gasteiger partial charge in [0.05, 0.1) is 0 Å². The van der Waals surface area contributed by atoms with Crippen molar-refractivity contribution in [1.29, 1.82) is 0 Å². The van der Waals surface area contributed by atoms with Crippen molar-refractivity contribution in [2.75, 3.05) is 0 Å². The number of halogens is 1. The number of rotatable bonds is 5. The Hall–Kier alpha value is -3.02. The molecule has 0 radical (unpaired) electrons. The first kappa shape index (κ1) is 14.9. The summed E-state index contributed by atoms with van der Waals surface area (Å²) in [4.78, 5) is 11.9. The van der Waals surface area contributed by atoms with Crippen LogP contribution in [0.15, 0.2) is 59.0 Å². The van der Waals surface area contributed by atoms with E-state index in [0.29, 0.717) is 12.4 Å². The lowest BCUT2D eigenvalue weighted by atomic mass is 10.2. The van der Waals surface area contributed by atoms with E-state index in [1.54, 1.807) is 12.1 Å². The minimum absolute atomic E-state index is 0.00102. The molecule has 2 aromatic carbocycles. The predicted octanol–water partition coefficient (Wildman–Crippen LogP) is 2.73. The van der Waals surface area contributed by atoms with Gasteiger partial charge in [0, 0.05) is 12.1 Å². The molecular weight excluding hydrogens is 297 g/mol. The summed E-state index contributed by atoms with van der Waals surface area (Å²) in [6.07, 6.45) is 0.00102. The molecule has 0 saturated heterocycles. The van der Waals surface area contributed by atoms with Crippen molar-refractivity contribution < 1.29 is 13.6 Å². The molecule has 0 aliphatic heterocycles. The Balaban J connectivity index is 1.56. The van der Waals surface area contributed by atoms with Crippen LogP contribution in [0.4, 0.5) is 4.39 Å². The van der Waals surface area contributed by atoms with E-state index in [9.17, 15) is 9.18 Å². The second kappa shape index (κ2) is 6.83. The van der Waals surface area contributed by atoms with Crippen molar-refractivity contribution in [2.45, 2.75) is 13.0 Å². The van der Waals surface area contributed by atoms with Crippen LogP contribution in [0.3, 0.4) is 0 Å². The van der Waals surface area contributed by atoms with Crippen LogP contribution in [0.25, 0.3) is 11.5 Å². The summed E-state index contributed by atoms with van der Waals surface area (Å²) in [5.74, 6) is 0.0874. The fraction of sp³-hybridized carbons (Fsp3) is 0.118. The summed E-state index contributed by atoms with van der Waals surface area (Å²) in [5, 5.41) is 10.5. The summed E-state index contributed by atoms with van der Waals surface area (Å²) in [5.41, 5.74) is 1.62. The highest BCUT2D eigenvalue weighted by molar-refractivity contribution is 5.77. The van der Waals surface area contributed by atoms with E-state index in [2.05, 4.69) is 15.5 Å². The minimum Gasteiger partial charge on any atom is -0.420 e. The van der Waals surface area contributed by atoms with Crippen LogP contribution in [0.1, 0.15) is 11.5 Å². The zero-order chi connectivity index (χ0) is 16.1. The molecule has 1 amide bonds. The van der Waals surface area contributed by atoms with Crippen molar-refractivity contribution in [1.82, 2.24) is 15.5 Å². The highest BCUT2D eigenvalue weighted by Crippen LogP contribution is 2.16. The van der Waals surface area contributed by atoms with Gasteiger partial charge < -0.3 is 9.73 Å². The van der Waals surface area contributed by atoms with Crippen LogP contribution in [0.5, 0.6) is 0 Å². The van der Waals surface area contributed by atoms with Gasteiger partial charge >= 0.3 is 0 Å². The number of carbonyl (C=O) groups excluding carboxylic acids is 1. The van der Waals surface area contributed by atoms with Crippen LogP contribution < -0.4 is 5.32 Å². The van der Waals surface area contributed by atoms with E-state index in [4.69, 9.17) is 4.42 Å². The Bertz CT molecular complexity index is 785. The molecule has 116 valence electrons. The summed E-state index contributed by atoms with van der Waals surface area (Å²) in [7, 11) is 0. The zero-order valence-electron chi connectivity index (χ0n) is 12.2.